The summed E-state index contributed by atoms with van der Waals surface area (Å²) < 4.78 is 4.57. The molecule has 0 bridgehead atoms. The van der Waals surface area contributed by atoms with E-state index in [1.54, 1.807) is 6.20 Å². The van der Waals surface area contributed by atoms with Crippen molar-refractivity contribution >= 4 is 11.8 Å². The van der Waals surface area contributed by atoms with Crippen LogP contribution in [0.15, 0.2) is 12.4 Å². The number of carbonyl (C=O) groups excluding carboxylic acids is 1. The molecule has 1 aliphatic carbocycles. The maximum atomic E-state index is 11.2. The van der Waals surface area contributed by atoms with Crippen molar-refractivity contribution in [1.82, 2.24) is 9.97 Å². The van der Waals surface area contributed by atoms with E-state index in [1.165, 1.54) is 19.7 Å². The first-order valence-electron chi connectivity index (χ1n) is 6.04. The van der Waals surface area contributed by atoms with Gasteiger partial charge in [0, 0.05) is 12.6 Å². The second kappa shape index (κ2) is 5.77. The van der Waals surface area contributed by atoms with Crippen molar-refractivity contribution < 1.29 is 14.6 Å². The zero-order chi connectivity index (χ0) is 13.0. The van der Waals surface area contributed by atoms with E-state index < -0.39 is 5.97 Å². The molecule has 6 nitrogen and oxygen atoms in total. The predicted octanol–water partition coefficient (Wildman–Crippen LogP) is 0.614. The fraction of sp³-hybridized carbons (Fsp3) is 0.583. The molecule has 1 saturated carbocycles. The van der Waals surface area contributed by atoms with Gasteiger partial charge < -0.3 is 14.7 Å². The van der Waals surface area contributed by atoms with Crippen LogP contribution in [0.4, 0.5) is 5.82 Å². The standard InChI is InChI=1S/C12H17N3O3/c1-18-12(17)10-7-14-11(8-13-10)15(5-6-16)9-3-2-4-9/h7-9,16H,2-6H2,1H3. The van der Waals surface area contributed by atoms with Gasteiger partial charge in [0.15, 0.2) is 5.69 Å². The topological polar surface area (TPSA) is 75.5 Å². The average molecular weight is 251 g/mol. The van der Waals surface area contributed by atoms with E-state index in [4.69, 9.17) is 5.11 Å². The number of hydrogen-bond donors (Lipinski definition) is 1. The molecular formula is C12H17N3O3. The Hall–Kier alpha value is -1.69. The first kappa shape index (κ1) is 12.8. The summed E-state index contributed by atoms with van der Waals surface area (Å²) in [6.07, 6.45) is 6.39. The molecule has 0 spiro atoms. The van der Waals surface area contributed by atoms with Crippen LogP contribution in [-0.2, 0) is 4.74 Å². The fourth-order valence-corrected chi connectivity index (χ4v) is 1.97. The number of esters is 1. The third kappa shape index (κ3) is 2.59. The third-order valence-corrected chi connectivity index (χ3v) is 3.18. The van der Waals surface area contributed by atoms with Gasteiger partial charge >= 0.3 is 5.97 Å². The lowest BCUT2D eigenvalue weighted by Gasteiger charge is -2.37. The molecule has 0 radical (unpaired) electrons. The molecule has 1 aromatic rings. The van der Waals surface area contributed by atoms with E-state index in [0.29, 0.717) is 18.4 Å². The first-order valence-corrected chi connectivity index (χ1v) is 6.04. The number of nitrogens with zero attached hydrogens (tertiary/aromatic N) is 3. The monoisotopic (exact) mass is 251 g/mol. The molecular weight excluding hydrogens is 234 g/mol. The molecule has 0 saturated heterocycles. The van der Waals surface area contributed by atoms with Gasteiger partial charge in [-0.25, -0.2) is 14.8 Å². The van der Waals surface area contributed by atoms with E-state index in [9.17, 15) is 4.79 Å². The number of hydrogen-bond acceptors (Lipinski definition) is 6. The summed E-state index contributed by atoms with van der Waals surface area (Å²) in [6, 6.07) is 0.426. The normalized spacial score (nSPS) is 15.0. The molecule has 6 heteroatoms. The molecule has 0 aliphatic heterocycles. The lowest BCUT2D eigenvalue weighted by atomic mass is 9.91. The molecule has 1 fully saturated rings. The van der Waals surface area contributed by atoms with Crippen LogP contribution >= 0.6 is 0 Å². The van der Waals surface area contributed by atoms with Crippen LogP contribution in [0.5, 0.6) is 0 Å². The molecule has 98 valence electrons. The molecule has 0 atom stereocenters. The maximum absolute atomic E-state index is 11.2. The van der Waals surface area contributed by atoms with Crippen molar-refractivity contribution in [2.24, 2.45) is 0 Å². The molecule has 1 heterocycles. The van der Waals surface area contributed by atoms with Gasteiger partial charge in [-0.3, -0.25) is 0 Å². The van der Waals surface area contributed by atoms with Crippen LogP contribution in [0.25, 0.3) is 0 Å². The minimum absolute atomic E-state index is 0.0803. The van der Waals surface area contributed by atoms with Crippen LogP contribution in [-0.4, -0.2) is 47.3 Å². The largest absolute Gasteiger partial charge is 0.464 e. The molecule has 1 N–H and O–H groups in total. The molecule has 0 unspecified atom stereocenters. The quantitative estimate of drug-likeness (QED) is 0.773. The summed E-state index contributed by atoms with van der Waals surface area (Å²) >= 11 is 0. The summed E-state index contributed by atoms with van der Waals surface area (Å²) in [5, 5.41) is 9.08. The van der Waals surface area contributed by atoms with Gasteiger partial charge in [0.25, 0.3) is 0 Å². The van der Waals surface area contributed by atoms with Gasteiger partial charge in [0.2, 0.25) is 0 Å². The molecule has 1 aliphatic rings. The molecule has 18 heavy (non-hydrogen) atoms. The SMILES string of the molecule is COC(=O)c1cnc(N(CCO)C2CCC2)cn1. The highest BCUT2D eigenvalue weighted by atomic mass is 16.5. The number of anilines is 1. The van der Waals surface area contributed by atoms with Crippen molar-refractivity contribution in [3.63, 3.8) is 0 Å². The van der Waals surface area contributed by atoms with Gasteiger partial charge in [-0.15, -0.1) is 0 Å². The van der Waals surface area contributed by atoms with E-state index in [2.05, 4.69) is 14.7 Å². The number of methoxy groups -OCH3 is 1. The second-order valence-corrected chi connectivity index (χ2v) is 4.25. The van der Waals surface area contributed by atoms with Gasteiger partial charge in [-0.2, -0.15) is 0 Å². The zero-order valence-electron chi connectivity index (χ0n) is 10.4. The van der Waals surface area contributed by atoms with Crippen LogP contribution in [0.3, 0.4) is 0 Å². The van der Waals surface area contributed by atoms with Crippen molar-refractivity contribution in [3.05, 3.63) is 18.1 Å². The Morgan fingerprint density at radius 2 is 2.28 bits per heavy atom. The van der Waals surface area contributed by atoms with Crippen LogP contribution in [0.2, 0.25) is 0 Å². The van der Waals surface area contributed by atoms with Crippen LogP contribution < -0.4 is 4.90 Å². The van der Waals surface area contributed by atoms with E-state index >= 15 is 0 Å². The molecule has 0 amide bonds. The van der Waals surface area contributed by atoms with Crippen molar-refractivity contribution in [2.75, 3.05) is 25.2 Å². The molecule has 0 aromatic carbocycles. The van der Waals surface area contributed by atoms with Crippen molar-refractivity contribution in [2.45, 2.75) is 25.3 Å². The molecule has 2 rings (SSSR count). The summed E-state index contributed by atoms with van der Waals surface area (Å²) in [5.41, 5.74) is 0.193. The van der Waals surface area contributed by atoms with Gasteiger partial charge in [0.1, 0.15) is 5.82 Å². The highest BCUT2D eigenvalue weighted by molar-refractivity contribution is 5.86. The highest BCUT2D eigenvalue weighted by Crippen LogP contribution is 2.27. The predicted molar refractivity (Wildman–Crippen MR) is 65.4 cm³/mol. The number of carbonyl (C=O) groups is 1. The number of ether oxygens (including phenoxy) is 1. The Balaban J connectivity index is 2.12. The number of aromatic nitrogens is 2. The summed E-state index contributed by atoms with van der Waals surface area (Å²) in [4.78, 5) is 21.5. The fourth-order valence-electron chi connectivity index (χ4n) is 1.97. The van der Waals surface area contributed by atoms with Gasteiger partial charge in [0.05, 0.1) is 26.1 Å². The van der Waals surface area contributed by atoms with E-state index in [1.807, 2.05) is 4.90 Å². The minimum Gasteiger partial charge on any atom is -0.464 e. The van der Waals surface area contributed by atoms with Crippen molar-refractivity contribution in [3.8, 4) is 0 Å². The van der Waals surface area contributed by atoms with Crippen LogP contribution in [0, 0.1) is 0 Å². The summed E-state index contributed by atoms with van der Waals surface area (Å²) in [6.45, 7) is 0.619. The van der Waals surface area contributed by atoms with E-state index in [0.717, 1.165) is 12.8 Å². The lowest BCUT2D eigenvalue weighted by molar-refractivity contribution is 0.0593. The zero-order valence-corrected chi connectivity index (χ0v) is 10.4. The first-order chi connectivity index (χ1) is 8.76. The van der Waals surface area contributed by atoms with Gasteiger partial charge in [-0.1, -0.05) is 0 Å². The average Bonchev–Trinajstić information content (AvgIpc) is 2.35. The lowest BCUT2D eigenvalue weighted by Crippen LogP contribution is -2.42. The third-order valence-electron chi connectivity index (χ3n) is 3.18. The molecule has 1 aromatic heterocycles. The second-order valence-electron chi connectivity index (χ2n) is 4.25. The summed E-state index contributed by atoms with van der Waals surface area (Å²) in [7, 11) is 1.31. The number of aliphatic hydroxyl groups excluding tert-OH is 1. The Labute approximate surface area is 106 Å². The minimum atomic E-state index is -0.494. The van der Waals surface area contributed by atoms with E-state index in [-0.39, 0.29) is 12.3 Å². The summed E-state index contributed by atoms with van der Waals surface area (Å²) in [5.74, 6) is 0.202. The van der Waals surface area contributed by atoms with Gasteiger partial charge in [-0.05, 0) is 19.3 Å². The Morgan fingerprint density at radius 1 is 1.50 bits per heavy atom. The number of aliphatic hydroxyl groups is 1. The van der Waals surface area contributed by atoms with Crippen molar-refractivity contribution in [1.29, 1.82) is 0 Å². The number of rotatable bonds is 5. The Kier molecular flexibility index (Phi) is 4.09. The Morgan fingerprint density at radius 3 is 2.72 bits per heavy atom. The smallest absolute Gasteiger partial charge is 0.358 e. The highest BCUT2D eigenvalue weighted by Gasteiger charge is 2.25. The Bertz CT molecular complexity index is 404. The van der Waals surface area contributed by atoms with Crippen LogP contribution in [0.1, 0.15) is 29.8 Å². The maximum Gasteiger partial charge on any atom is 0.358 e.